The van der Waals surface area contributed by atoms with E-state index in [1.807, 2.05) is 32.0 Å². The van der Waals surface area contributed by atoms with Crippen molar-refractivity contribution in [1.29, 1.82) is 0 Å². The molecule has 0 bridgehead atoms. The quantitative estimate of drug-likeness (QED) is 0.564. The van der Waals surface area contributed by atoms with Crippen molar-refractivity contribution in [3.63, 3.8) is 0 Å². The van der Waals surface area contributed by atoms with Crippen LogP contribution in [0.4, 0.5) is 5.69 Å². The highest BCUT2D eigenvalue weighted by Crippen LogP contribution is 2.34. The highest BCUT2D eigenvalue weighted by Gasteiger charge is 2.18. The van der Waals surface area contributed by atoms with Crippen molar-refractivity contribution in [1.82, 2.24) is 15.0 Å². The Labute approximate surface area is 183 Å². The van der Waals surface area contributed by atoms with Crippen LogP contribution >= 0.6 is 0 Å². The Balaban J connectivity index is 1.57. The number of likely N-dealkylation sites (N-methyl/N-ethyl adjacent to an activating group) is 1. The Morgan fingerprint density at radius 2 is 1.68 bits per heavy atom. The second kappa shape index (κ2) is 9.39. The van der Waals surface area contributed by atoms with Gasteiger partial charge in [-0.1, -0.05) is 5.16 Å². The topological polar surface area (TPSA) is 63.9 Å². The minimum absolute atomic E-state index is 0.460. The molecule has 1 fully saturated rings. The molecular formula is C24H30N4O3. The first-order valence-electron chi connectivity index (χ1n) is 10.9. The van der Waals surface area contributed by atoms with Crippen molar-refractivity contribution in [3.05, 3.63) is 42.0 Å². The highest BCUT2D eigenvalue weighted by molar-refractivity contribution is 5.67. The average Bonchev–Trinajstić information content (AvgIpc) is 3.26. The number of anilines is 1. The summed E-state index contributed by atoms with van der Waals surface area (Å²) in [4.78, 5) is 9.43. The predicted molar refractivity (Wildman–Crippen MR) is 122 cm³/mol. The van der Waals surface area contributed by atoms with Crippen molar-refractivity contribution in [2.75, 3.05) is 51.3 Å². The van der Waals surface area contributed by atoms with Crippen LogP contribution in [0.15, 0.2) is 40.9 Å². The molecule has 164 valence electrons. The van der Waals surface area contributed by atoms with Crippen LogP contribution in [-0.2, 0) is 0 Å². The summed E-state index contributed by atoms with van der Waals surface area (Å²) < 4.78 is 16.9. The maximum atomic E-state index is 5.72. The second-order valence-electron chi connectivity index (χ2n) is 7.74. The number of ether oxygens (including phenoxy) is 2. The lowest BCUT2D eigenvalue weighted by molar-refractivity contribution is 0.288. The summed E-state index contributed by atoms with van der Waals surface area (Å²) in [5.41, 5.74) is 4.15. The minimum Gasteiger partial charge on any atom is -0.490 e. The third kappa shape index (κ3) is 4.66. The molecule has 1 aliphatic rings. The third-order valence-electron chi connectivity index (χ3n) is 5.54. The molecule has 2 aromatic carbocycles. The molecule has 2 heterocycles. The van der Waals surface area contributed by atoms with Gasteiger partial charge in [0.2, 0.25) is 5.82 Å². The van der Waals surface area contributed by atoms with Gasteiger partial charge in [0.05, 0.1) is 13.2 Å². The van der Waals surface area contributed by atoms with E-state index in [9.17, 15) is 0 Å². The van der Waals surface area contributed by atoms with Crippen LogP contribution in [0, 0.1) is 6.92 Å². The Morgan fingerprint density at radius 3 is 2.39 bits per heavy atom. The Bertz CT molecular complexity index is 1030. The smallest absolute Gasteiger partial charge is 0.258 e. The normalized spacial score (nSPS) is 14.6. The molecule has 0 saturated carbocycles. The van der Waals surface area contributed by atoms with E-state index in [2.05, 4.69) is 52.1 Å². The molecule has 1 aliphatic heterocycles. The first-order chi connectivity index (χ1) is 15.1. The molecule has 0 atom stereocenters. The van der Waals surface area contributed by atoms with Crippen LogP contribution in [0.3, 0.4) is 0 Å². The van der Waals surface area contributed by atoms with Crippen LogP contribution < -0.4 is 14.4 Å². The molecule has 3 aromatic rings. The second-order valence-corrected chi connectivity index (χ2v) is 7.74. The molecule has 0 radical (unpaired) electrons. The Kier molecular flexibility index (Phi) is 6.42. The largest absolute Gasteiger partial charge is 0.490 e. The molecule has 1 saturated heterocycles. The van der Waals surface area contributed by atoms with Crippen LogP contribution in [0.2, 0.25) is 0 Å². The predicted octanol–water partition coefficient (Wildman–Crippen LogP) is 4.26. The van der Waals surface area contributed by atoms with Gasteiger partial charge in [-0.2, -0.15) is 4.98 Å². The molecular weight excluding hydrogens is 392 g/mol. The standard InChI is InChI=1S/C24H30N4O3/c1-5-29-21-10-7-18(16-22(21)30-6-2)24-25-23(26-31-24)20-9-8-19(15-17(20)3)28-13-11-27(4)12-14-28/h7-10,15-16H,5-6,11-14H2,1-4H3. The van der Waals surface area contributed by atoms with E-state index >= 15 is 0 Å². The number of rotatable bonds is 7. The molecule has 31 heavy (non-hydrogen) atoms. The van der Waals surface area contributed by atoms with E-state index in [-0.39, 0.29) is 0 Å². The molecule has 0 aliphatic carbocycles. The van der Waals surface area contributed by atoms with Gasteiger partial charge >= 0.3 is 0 Å². The minimum atomic E-state index is 0.460. The number of hydrogen-bond acceptors (Lipinski definition) is 7. The summed E-state index contributed by atoms with van der Waals surface area (Å²) in [5, 5.41) is 4.23. The van der Waals surface area contributed by atoms with Gasteiger partial charge < -0.3 is 23.8 Å². The lowest BCUT2D eigenvalue weighted by atomic mass is 10.1. The van der Waals surface area contributed by atoms with Crippen LogP contribution in [0.1, 0.15) is 19.4 Å². The van der Waals surface area contributed by atoms with Gasteiger partial charge in [-0.3, -0.25) is 0 Å². The van der Waals surface area contributed by atoms with Crippen molar-refractivity contribution >= 4 is 5.69 Å². The van der Waals surface area contributed by atoms with Gasteiger partial charge in [0.15, 0.2) is 11.5 Å². The zero-order chi connectivity index (χ0) is 21.8. The fourth-order valence-corrected chi connectivity index (χ4v) is 3.79. The Morgan fingerprint density at radius 1 is 0.935 bits per heavy atom. The zero-order valence-electron chi connectivity index (χ0n) is 18.7. The van der Waals surface area contributed by atoms with Crippen molar-refractivity contribution in [2.24, 2.45) is 0 Å². The number of aryl methyl sites for hydroxylation is 1. The van der Waals surface area contributed by atoms with Gasteiger partial charge in [-0.15, -0.1) is 0 Å². The summed E-state index contributed by atoms with van der Waals surface area (Å²) >= 11 is 0. The SMILES string of the molecule is CCOc1ccc(-c2nc(-c3ccc(N4CCN(C)CC4)cc3C)no2)cc1OCC. The third-order valence-corrected chi connectivity index (χ3v) is 5.54. The number of piperazine rings is 1. The summed E-state index contributed by atoms with van der Waals surface area (Å²) in [6.07, 6.45) is 0. The summed E-state index contributed by atoms with van der Waals surface area (Å²) in [6.45, 7) is 11.4. The van der Waals surface area contributed by atoms with E-state index < -0.39 is 0 Å². The van der Waals surface area contributed by atoms with Crippen molar-refractivity contribution < 1.29 is 14.0 Å². The first kappa shape index (κ1) is 21.2. The van der Waals surface area contributed by atoms with Gasteiger partial charge in [0.1, 0.15) is 0 Å². The summed E-state index contributed by atoms with van der Waals surface area (Å²) in [5.74, 6) is 2.43. The molecule has 0 amide bonds. The van der Waals surface area contributed by atoms with E-state index in [1.54, 1.807) is 0 Å². The average molecular weight is 423 g/mol. The molecule has 0 spiro atoms. The first-order valence-corrected chi connectivity index (χ1v) is 10.9. The number of benzene rings is 2. The van der Waals surface area contributed by atoms with Crippen molar-refractivity contribution in [2.45, 2.75) is 20.8 Å². The molecule has 0 unspecified atom stereocenters. The van der Waals surface area contributed by atoms with Gasteiger partial charge in [0.25, 0.3) is 5.89 Å². The van der Waals surface area contributed by atoms with Crippen LogP contribution in [0.5, 0.6) is 11.5 Å². The maximum absolute atomic E-state index is 5.72. The molecule has 1 aromatic heterocycles. The fraction of sp³-hybridized carbons (Fsp3) is 0.417. The van der Waals surface area contributed by atoms with E-state index in [4.69, 9.17) is 14.0 Å². The van der Waals surface area contributed by atoms with E-state index in [0.29, 0.717) is 36.4 Å². The number of aromatic nitrogens is 2. The van der Waals surface area contributed by atoms with Gasteiger partial charge in [0, 0.05) is 43.0 Å². The van der Waals surface area contributed by atoms with Gasteiger partial charge in [-0.05, 0) is 69.8 Å². The molecule has 7 heteroatoms. The zero-order valence-corrected chi connectivity index (χ0v) is 18.7. The lowest BCUT2D eigenvalue weighted by Crippen LogP contribution is -2.44. The molecule has 4 rings (SSSR count). The van der Waals surface area contributed by atoms with E-state index in [0.717, 1.165) is 42.9 Å². The van der Waals surface area contributed by atoms with E-state index in [1.165, 1.54) is 5.69 Å². The lowest BCUT2D eigenvalue weighted by Gasteiger charge is -2.34. The molecule has 0 N–H and O–H groups in total. The fourth-order valence-electron chi connectivity index (χ4n) is 3.79. The Hall–Kier alpha value is -3.06. The van der Waals surface area contributed by atoms with Crippen LogP contribution in [-0.4, -0.2) is 61.5 Å². The summed E-state index contributed by atoms with van der Waals surface area (Å²) in [7, 11) is 2.17. The highest BCUT2D eigenvalue weighted by atomic mass is 16.5. The van der Waals surface area contributed by atoms with Crippen molar-refractivity contribution in [3.8, 4) is 34.3 Å². The van der Waals surface area contributed by atoms with Gasteiger partial charge in [-0.25, -0.2) is 0 Å². The summed E-state index contributed by atoms with van der Waals surface area (Å²) in [6, 6.07) is 12.1. The van der Waals surface area contributed by atoms with Crippen LogP contribution in [0.25, 0.3) is 22.8 Å². The maximum Gasteiger partial charge on any atom is 0.258 e. The number of nitrogens with zero attached hydrogens (tertiary/aromatic N) is 4. The molecule has 7 nitrogen and oxygen atoms in total. The number of hydrogen-bond donors (Lipinski definition) is 0. The monoisotopic (exact) mass is 422 g/mol.